The maximum atomic E-state index is 10.4. The van der Waals surface area contributed by atoms with E-state index in [-0.39, 0.29) is 0 Å². The highest BCUT2D eigenvalue weighted by molar-refractivity contribution is 5.79. The highest BCUT2D eigenvalue weighted by atomic mass is 16.5. The van der Waals surface area contributed by atoms with Gasteiger partial charge in [0.15, 0.2) is 5.96 Å². The van der Waals surface area contributed by atoms with E-state index in [0.717, 1.165) is 34.5 Å². The molecule has 2 rings (SSSR count). The Kier molecular flexibility index (Phi) is 7.48. The van der Waals surface area contributed by atoms with Gasteiger partial charge in [0.25, 0.3) is 0 Å². The van der Waals surface area contributed by atoms with Gasteiger partial charge in [-0.1, -0.05) is 42.0 Å². The van der Waals surface area contributed by atoms with Crippen molar-refractivity contribution < 1.29 is 9.84 Å². The van der Waals surface area contributed by atoms with Crippen molar-refractivity contribution in [1.29, 1.82) is 0 Å². The first-order valence-corrected chi connectivity index (χ1v) is 8.93. The van der Waals surface area contributed by atoms with Crippen molar-refractivity contribution >= 4 is 5.96 Å². The molecule has 0 aliphatic heterocycles. The van der Waals surface area contributed by atoms with Crippen LogP contribution >= 0.6 is 0 Å². The van der Waals surface area contributed by atoms with E-state index in [1.54, 1.807) is 7.11 Å². The second kappa shape index (κ2) is 9.82. The Bertz CT molecular complexity index is 744. The second-order valence-corrected chi connectivity index (χ2v) is 6.32. The average molecular weight is 355 g/mol. The molecule has 5 nitrogen and oxygen atoms in total. The fourth-order valence-corrected chi connectivity index (χ4v) is 2.68. The SMILES string of the molecule is CCNC(=NCc1ccc(C)cc1OC)NCC(O)c1cccc(C)c1. The van der Waals surface area contributed by atoms with Crippen LogP contribution in [0.3, 0.4) is 0 Å². The Balaban J connectivity index is 2.02. The largest absolute Gasteiger partial charge is 0.496 e. The first kappa shape index (κ1) is 19.8. The highest BCUT2D eigenvalue weighted by Gasteiger charge is 2.09. The summed E-state index contributed by atoms with van der Waals surface area (Å²) in [5, 5.41) is 16.8. The number of ether oxygens (including phenoxy) is 1. The van der Waals surface area contributed by atoms with E-state index < -0.39 is 6.10 Å². The normalized spacial score (nSPS) is 12.6. The van der Waals surface area contributed by atoms with Gasteiger partial charge in [0, 0.05) is 18.7 Å². The molecular weight excluding hydrogens is 326 g/mol. The van der Waals surface area contributed by atoms with Crippen LogP contribution in [0.5, 0.6) is 5.75 Å². The van der Waals surface area contributed by atoms with Gasteiger partial charge in [-0.25, -0.2) is 4.99 Å². The van der Waals surface area contributed by atoms with Crippen LogP contribution in [0.2, 0.25) is 0 Å². The van der Waals surface area contributed by atoms with E-state index in [1.807, 2.05) is 57.2 Å². The zero-order valence-electron chi connectivity index (χ0n) is 16.0. The maximum Gasteiger partial charge on any atom is 0.191 e. The lowest BCUT2D eigenvalue weighted by molar-refractivity contribution is 0.181. The molecule has 0 bridgehead atoms. The smallest absolute Gasteiger partial charge is 0.191 e. The maximum absolute atomic E-state index is 10.4. The molecule has 0 aliphatic carbocycles. The molecule has 0 fully saturated rings. The summed E-state index contributed by atoms with van der Waals surface area (Å²) in [6.45, 7) is 7.70. The van der Waals surface area contributed by atoms with Crippen molar-refractivity contribution in [1.82, 2.24) is 10.6 Å². The van der Waals surface area contributed by atoms with Gasteiger partial charge in [-0.2, -0.15) is 0 Å². The minimum Gasteiger partial charge on any atom is -0.496 e. The zero-order chi connectivity index (χ0) is 18.9. The van der Waals surface area contributed by atoms with Gasteiger partial charge in [-0.05, 0) is 38.0 Å². The third-order valence-corrected chi connectivity index (χ3v) is 4.08. The van der Waals surface area contributed by atoms with Gasteiger partial charge < -0.3 is 20.5 Å². The summed E-state index contributed by atoms with van der Waals surface area (Å²) in [7, 11) is 1.67. The molecule has 2 aromatic rings. The summed E-state index contributed by atoms with van der Waals surface area (Å²) in [5.74, 6) is 1.51. The topological polar surface area (TPSA) is 65.9 Å². The lowest BCUT2D eigenvalue weighted by Crippen LogP contribution is -2.39. The summed E-state index contributed by atoms with van der Waals surface area (Å²) in [4.78, 5) is 4.61. The minimum atomic E-state index is -0.590. The summed E-state index contributed by atoms with van der Waals surface area (Å²) < 4.78 is 5.44. The Morgan fingerprint density at radius 2 is 1.88 bits per heavy atom. The van der Waals surface area contributed by atoms with Gasteiger partial charge in [0.2, 0.25) is 0 Å². The molecule has 0 saturated heterocycles. The molecule has 0 aliphatic rings. The number of benzene rings is 2. The number of rotatable bonds is 7. The molecule has 1 unspecified atom stereocenters. The molecule has 2 aromatic carbocycles. The number of hydrogen-bond donors (Lipinski definition) is 3. The number of aliphatic hydroxyl groups excluding tert-OH is 1. The molecule has 0 spiro atoms. The predicted octanol–water partition coefficient (Wildman–Crippen LogP) is 3.10. The van der Waals surface area contributed by atoms with E-state index in [4.69, 9.17) is 4.74 Å². The van der Waals surface area contributed by atoms with Crippen LogP contribution < -0.4 is 15.4 Å². The molecule has 0 amide bonds. The van der Waals surface area contributed by atoms with Gasteiger partial charge in [-0.3, -0.25) is 0 Å². The van der Waals surface area contributed by atoms with Gasteiger partial charge in [-0.15, -0.1) is 0 Å². The molecule has 0 aromatic heterocycles. The number of methoxy groups -OCH3 is 1. The van der Waals surface area contributed by atoms with Crippen molar-refractivity contribution in [2.24, 2.45) is 4.99 Å². The van der Waals surface area contributed by atoms with Crippen LogP contribution in [-0.2, 0) is 6.54 Å². The number of aliphatic imine (C=N–C) groups is 1. The van der Waals surface area contributed by atoms with Gasteiger partial charge >= 0.3 is 0 Å². The van der Waals surface area contributed by atoms with Crippen molar-refractivity contribution in [3.8, 4) is 5.75 Å². The highest BCUT2D eigenvalue weighted by Crippen LogP contribution is 2.20. The minimum absolute atomic E-state index is 0.389. The first-order valence-electron chi connectivity index (χ1n) is 8.93. The molecule has 140 valence electrons. The van der Waals surface area contributed by atoms with E-state index >= 15 is 0 Å². The second-order valence-electron chi connectivity index (χ2n) is 6.32. The van der Waals surface area contributed by atoms with Crippen LogP contribution in [-0.4, -0.2) is 31.3 Å². The summed E-state index contributed by atoms with van der Waals surface area (Å²) in [6.07, 6.45) is -0.590. The molecule has 0 heterocycles. The summed E-state index contributed by atoms with van der Waals surface area (Å²) in [5.41, 5.74) is 4.21. The number of guanidine groups is 1. The van der Waals surface area contributed by atoms with E-state index in [9.17, 15) is 5.11 Å². The standard InChI is InChI=1S/C21H29N3O2/c1-5-22-21(23-13-18-10-9-16(3)12-20(18)26-4)24-14-19(25)17-8-6-7-15(2)11-17/h6-12,19,25H,5,13-14H2,1-4H3,(H2,22,23,24). The Morgan fingerprint density at radius 1 is 1.12 bits per heavy atom. The molecule has 26 heavy (non-hydrogen) atoms. The zero-order valence-corrected chi connectivity index (χ0v) is 16.0. The van der Waals surface area contributed by atoms with E-state index in [0.29, 0.717) is 19.0 Å². The predicted molar refractivity (Wildman–Crippen MR) is 107 cm³/mol. The van der Waals surface area contributed by atoms with Gasteiger partial charge in [0.1, 0.15) is 5.75 Å². The Morgan fingerprint density at radius 3 is 2.58 bits per heavy atom. The summed E-state index contributed by atoms with van der Waals surface area (Å²) in [6, 6.07) is 14.0. The third kappa shape index (κ3) is 5.77. The molecule has 5 heteroatoms. The summed E-state index contributed by atoms with van der Waals surface area (Å²) >= 11 is 0. The van der Waals surface area contributed by atoms with Crippen LogP contribution in [0, 0.1) is 13.8 Å². The van der Waals surface area contributed by atoms with Crippen molar-refractivity contribution in [2.75, 3.05) is 20.2 Å². The monoisotopic (exact) mass is 355 g/mol. The number of nitrogens with zero attached hydrogens (tertiary/aromatic N) is 1. The van der Waals surface area contributed by atoms with E-state index in [1.165, 1.54) is 0 Å². The van der Waals surface area contributed by atoms with Gasteiger partial charge in [0.05, 0.1) is 19.8 Å². The molecular formula is C21H29N3O2. The average Bonchev–Trinajstić information content (AvgIpc) is 2.64. The van der Waals surface area contributed by atoms with Crippen LogP contribution in [0.25, 0.3) is 0 Å². The van der Waals surface area contributed by atoms with Crippen molar-refractivity contribution in [3.63, 3.8) is 0 Å². The molecule has 0 radical (unpaired) electrons. The van der Waals surface area contributed by atoms with E-state index in [2.05, 4.69) is 21.7 Å². The lowest BCUT2D eigenvalue weighted by atomic mass is 10.1. The van der Waals surface area contributed by atoms with Crippen LogP contribution in [0.4, 0.5) is 0 Å². The Hall–Kier alpha value is -2.53. The lowest BCUT2D eigenvalue weighted by Gasteiger charge is -2.16. The fourth-order valence-electron chi connectivity index (χ4n) is 2.68. The number of nitrogens with one attached hydrogen (secondary N) is 2. The number of aryl methyl sites for hydroxylation is 2. The quantitative estimate of drug-likeness (QED) is 0.527. The third-order valence-electron chi connectivity index (χ3n) is 4.08. The molecule has 0 saturated carbocycles. The number of hydrogen-bond acceptors (Lipinski definition) is 3. The Labute approximate surface area is 156 Å². The van der Waals surface area contributed by atoms with Crippen molar-refractivity contribution in [3.05, 3.63) is 64.7 Å². The van der Waals surface area contributed by atoms with Crippen LogP contribution in [0.15, 0.2) is 47.5 Å². The van der Waals surface area contributed by atoms with Crippen LogP contribution in [0.1, 0.15) is 35.3 Å². The fraction of sp³-hybridized carbons (Fsp3) is 0.381. The number of aliphatic hydroxyl groups is 1. The molecule has 1 atom stereocenters. The first-order chi connectivity index (χ1) is 12.5. The van der Waals surface area contributed by atoms with Crippen molar-refractivity contribution in [2.45, 2.75) is 33.4 Å². The molecule has 3 N–H and O–H groups in total.